The van der Waals surface area contributed by atoms with Crippen molar-refractivity contribution in [2.45, 2.75) is 43.7 Å². The molecular formula is C29H28N2O3. The molecule has 6 rings (SSSR count). The van der Waals surface area contributed by atoms with Gasteiger partial charge in [-0.05, 0) is 65.1 Å². The molecule has 0 saturated carbocycles. The number of hydrogen-bond acceptors (Lipinski definition) is 4. The molecule has 5 heteroatoms. The Labute approximate surface area is 200 Å². The highest BCUT2D eigenvalue weighted by Crippen LogP contribution is 2.45. The Morgan fingerprint density at radius 3 is 2.38 bits per heavy atom. The molecule has 2 aromatic carbocycles. The summed E-state index contributed by atoms with van der Waals surface area (Å²) in [5, 5.41) is 0. The average Bonchev–Trinajstić information content (AvgIpc) is 3.20. The van der Waals surface area contributed by atoms with Crippen LogP contribution >= 0.6 is 0 Å². The van der Waals surface area contributed by atoms with Crippen LogP contribution in [0.3, 0.4) is 0 Å². The molecular weight excluding hydrogens is 424 g/mol. The van der Waals surface area contributed by atoms with E-state index >= 15 is 0 Å². The minimum Gasteiger partial charge on any atom is -0.481 e. The number of carbonyl (C=O) groups excluding carboxylic acids is 1. The lowest BCUT2D eigenvalue weighted by Gasteiger charge is -2.44. The number of ether oxygens (including phenoxy) is 2. The van der Waals surface area contributed by atoms with E-state index in [1.165, 1.54) is 27.8 Å². The molecule has 0 spiro atoms. The predicted molar refractivity (Wildman–Crippen MR) is 132 cm³/mol. The Balaban J connectivity index is 1.20. The summed E-state index contributed by atoms with van der Waals surface area (Å²) in [5.74, 6) is 0.693. The molecule has 0 radical (unpaired) electrons. The molecule has 5 nitrogen and oxygen atoms in total. The molecule has 3 heterocycles. The van der Waals surface area contributed by atoms with E-state index in [-0.39, 0.29) is 24.1 Å². The van der Waals surface area contributed by atoms with Crippen molar-refractivity contribution in [2.75, 3.05) is 13.7 Å². The first-order valence-corrected chi connectivity index (χ1v) is 12.1. The Morgan fingerprint density at radius 2 is 1.74 bits per heavy atom. The van der Waals surface area contributed by atoms with Gasteiger partial charge in [-0.25, -0.2) is 9.78 Å². The van der Waals surface area contributed by atoms with E-state index in [0.29, 0.717) is 12.5 Å². The number of benzene rings is 2. The van der Waals surface area contributed by atoms with Gasteiger partial charge in [-0.15, -0.1) is 0 Å². The molecule has 1 saturated heterocycles. The molecule has 1 fully saturated rings. The lowest BCUT2D eigenvalue weighted by Crippen LogP contribution is -2.51. The van der Waals surface area contributed by atoms with Crippen LogP contribution in [-0.4, -0.2) is 41.8 Å². The number of methoxy groups -OCH3 is 1. The van der Waals surface area contributed by atoms with Crippen molar-refractivity contribution >= 4 is 11.7 Å². The molecule has 3 aliphatic rings. The van der Waals surface area contributed by atoms with Crippen molar-refractivity contribution in [3.8, 4) is 17.0 Å². The van der Waals surface area contributed by atoms with Gasteiger partial charge in [-0.3, -0.25) is 4.90 Å². The third-order valence-electron chi connectivity index (χ3n) is 7.50. The maximum atomic E-state index is 13.4. The van der Waals surface area contributed by atoms with Crippen LogP contribution in [0, 0.1) is 0 Å². The third kappa shape index (κ3) is 3.56. The van der Waals surface area contributed by atoms with Gasteiger partial charge >= 0.3 is 6.09 Å². The van der Waals surface area contributed by atoms with Gasteiger partial charge in [-0.1, -0.05) is 54.6 Å². The van der Waals surface area contributed by atoms with Crippen LogP contribution in [-0.2, 0) is 4.74 Å². The number of hydrogen-bond donors (Lipinski definition) is 0. The fourth-order valence-electron chi connectivity index (χ4n) is 5.89. The van der Waals surface area contributed by atoms with Gasteiger partial charge in [0.2, 0.25) is 5.88 Å². The standard InChI is InChI=1S/C29H28N2O3/c1-33-28-14-13-19(17-30-28)20-15-21-7-6-8-22(16-20)31(21)29(32)34-18-27-25-11-4-2-9-23(25)24-10-3-5-12-26(24)27/h2-5,9-15,17,21-22,27H,6-8,16,18H2,1H3. The van der Waals surface area contributed by atoms with Gasteiger partial charge in [0.15, 0.2) is 0 Å². The fraction of sp³-hybridized carbons (Fsp3) is 0.310. The lowest BCUT2D eigenvalue weighted by atomic mass is 9.83. The number of aromatic nitrogens is 1. The van der Waals surface area contributed by atoms with Crippen LogP contribution in [0.15, 0.2) is 72.9 Å². The second-order valence-electron chi connectivity index (χ2n) is 9.35. The second kappa shape index (κ2) is 8.64. The maximum absolute atomic E-state index is 13.4. The Hall–Kier alpha value is -3.60. The first-order valence-electron chi connectivity index (χ1n) is 12.1. The summed E-state index contributed by atoms with van der Waals surface area (Å²) in [6.45, 7) is 0.363. The number of amides is 1. The van der Waals surface area contributed by atoms with E-state index in [2.05, 4.69) is 65.7 Å². The molecule has 1 aliphatic carbocycles. The molecule has 0 N–H and O–H groups in total. The fourth-order valence-corrected chi connectivity index (χ4v) is 5.89. The third-order valence-corrected chi connectivity index (χ3v) is 7.50. The van der Waals surface area contributed by atoms with Gasteiger partial charge in [0.25, 0.3) is 0 Å². The summed E-state index contributed by atoms with van der Waals surface area (Å²) in [7, 11) is 1.62. The molecule has 2 bridgehead atoms. The molecule has 1 aromatic heterocycles. The molecule has 2 atom stereocenters. The number of nitrogens with zero attached hydrogens (tertiary/aromatic N) is 2. The zero-order valence-corrected chi connectivity index (χ0v) is 19.3. The topological polar surface area (TPSA) is 51.7 Å². The number of pyridine rings is 1. The minimum absolute atomic E-state index is 0.0697. The molecule has 3 aromatic rings. The molecule has 1 amide bonds. The second-order valence-corrected chi connectivity index (χ2v) is 9.35. The van der Waals surface area contributed by atoms with E-state index in [4.69, 9.17) is 9.47 Å². The summed E-state index contributed by atoms with van der Waals surface area (Å²) in [4.78, 5) is 19.7. The van der Waals surface area contributed by atoms with E-state index in [0.717, 1.165) is 31.2 Å². The van der Waals surface area contributed by atoms with E-state index < -0.39 is 0 Å². The highest BCUT2D eigenvalue weighted by Gasteiger charge is 2.39. The maximum Gasteiger partial charge on any atom is 0.410 e. The highest BCUT2D eigenvalue weighted by atomic mass is 16.6. The largest absolute Gasteiger partial charge is 0.481 e. The molecule has 2 unspecified atom stereocenters. The Morgan fingerprint density at radius 1 is 1.00 bits per heavy atom. The SMILES string of the molecule is COc1ccc(C2=CC3CCCC(C2)N3C(=O)OCC2c3ccccc3-c3ccccc32)cn1. The zero-order valence-electron chi connectivity index (χ0n) is 19.3. The van der Waals surface area contributed by atoms with Gasteiger partial charge < -0.3 is 9.47 Å². The van der Waals surface area contributed by atoms with Gasteiger partial charge in [-0.2, -0.15) is 0 Å². The van der Waals surface area contributed by atoms with Crippen LogP contribution in [0.1, 0.15) is 48.3 Å². The number of rotatable bonds is 4. The van der Waals surface area contributed by atoms with Gasteiger partial charge in [0, 0.05) is 24.2 Å². The van der Waals surface area contributed by atoms with E-state index in [1.807, 2.05) is 17.2 Å². The molecule has 34 heavy (non-hydrogen) atoms. The van der Waals surface area contributed by atoms with Crippen LogP contribution in [0.4, 0.5) is 4.79 Å². The Bertz CT molecular complexity index is 1200. The van der Waals surface area contributed by atoms with E-state index in [9.17, 15) is 4.79 Å². The van der Waals surface area contributed by atoms with Crippen molar-refractivity contribution in [1.82, 2.24) is 9.88 Å². The zero-order chi connectivity index (χ0) is 23.1. The van der Waals surface area contributed by atoms with Crippen molar-refractivity contribution < 1.29 is 14.3 Å². The van der Waals surface area contributed by atoms with Crippen molar-refractivity contribution in [3.05, 3.63) is 89.6 Å². The predicted octanol–water partition coefficient (Wildman–Crippen LogP) is 6.05. The van der Waals surface area contributed by atoms with Crippen molar-refractivity contribution in [3.63, 3.8) is 0 Å². The number of fused-ring (bicyclic) bond motifs is 5. The normalized spacial score (nSPS) is 20.9. The van der Waals surface area contributed by atoms with Crippen LogP contribution in [0.5, 0.6) is 5.88 Å². The summed E-state index contributed by atoms with van der Waals surface area (Å²) >= 11 is 0. The summed E-state index contributed by atoms with van der Waals surface area (Å²) in [6, 6.07) is 21.1. The average molecular weight is 453 g/mol. The molecule has 2 aliphatic heterocycles. The van der Waals surface area contributed by atoms with Crippen LogP contribution in [0.2, 0.25) is 0 Å². The number of piperidine rings is 1. The summed E-state index contributed by atoms with van der Waals surface area (Å²) < 4.78 is 11.2. The van der Waals surface area contributed by atoms with Crippen LogP contribution in [0.25, 0.3) is 16.7 Å². The van der Waals surface area contributed by atoms with Crippen molar-refractivity contribution in [1.29, 1.82) is 0 Å². The van der Waals surface area contributed by atoms with E-state index in [1.54, 1.807) is 7.11 Å². The minimum atomic E-state index is -0.195. The summed E-state index contributed by atoms with van der Waals surface area (Å²) in [5.41, 5.74) is 7.33. The first kappa shape index (κ1) is 21.0. The van der Waals surface area contributed by atoms with Gasteiger partial charge in [0.1, 0.15) is 6.61 Å². The monoisotopic (exact) mass is 452 g/mol. The van der Waals surface area contributed by atoms with Gasteiger partial charge in [0.05, 0.1) is 13.2 Å². The Kier molecular flexibility index (Phi) is 5.33. The number of carbonyl (C=O) groups is 1. The molecule has 172 valence electrons. The quantitative estimate of drug-likeness (QED) is 0.484. The summed E-state index contributed by atoms with van der Waals surface area (Å²) in [6.07, 6.45) is 7.83. The highest BCUT2D eigenvalue weighted by molar-refractivity contribution is 5.79. The first-order chi connectivity index (χ1) is 16.7. The van der Waals surface area contributed by atoms with Crippen molar-refractivity contribution in [2.24, 2.45) is 0 Å². The van der Waals surface area contributed by atoms with Crippen LogP contribution < -0.4 is 4.74 Å². The lowest BCUT2D eigenvalue weighted by molar-refractivity contribution is 0.0539. The smallest absolute Gasteiger partial charge is 0.410 e.